The number of hydrogen-bond donors (Lipinski definition) is 1. The van der Waals surface area contributed by atoms with Crippen LogP contribution in [0, 0.1) is 0 Å². The Morgan fingerprint density at radius 1 is 1.00 bits per heavy atom. The Bertz CT molecular complexity index is 594. The van der Waals surface area contributed by atoms with Crippen molar-refractivity contribution in [2.75, 3.05) is 6.61 Å². The van der Waals surface area contributed by atoms with Gasteiger partial charge in [-0.05, 0) is 6.92 Å². The lowest BCUT2D eigenvalue weighted by molar-refractivity contribution is -0.119. The molecular formula is C17H19O3P. The van der Waals surface area contributed by atoms with Gasteiger partial charge in [0, 0.05) is 23.6 Å². The lowest BCUT2D eigenvalue weighted by atomic mass is 10.2. The minimum Gasteiger partial charge on any atom is -0.396 e. The van der Waals surface area contributed by atoms with Crippen LogP contribution in [0.15, 0.2) is 60.7 Å². The molecule has 0 bridgehead atoms. The first-order valence-corrected chi connectivity index (χ1v) is 8.73. The van der Waals surface area contributed by atoms with Gasteiger partial charge in [-0.25, -0.2) is 0 Å². The Kier molecular flexibility index (Phi) is 5.11. The van der Waals surface area contributed by atoms with E-state index in [2.05, 4.69) is 0 Å². The molecule has 1 atom stereocenters. The molecule has 0 aliphatic carbocycles. The first-order valence-electron chi connectivity index (χ1n) is 6.95. The van der Waals surface area contributed by atoms with Gasteiger partial charge in [0.25, 0.3) is 0 Å². The topological polar surface area (TPSA) is 54.4 Å². The first kappa shape index (κ1) is 15.7. The molecule has 0 aliphatic heterocycles. The lowest BCUT2D eigenvalue weighted by Gasteiger charge is -2.25. The quantitative estimate of drug-likeness (QED) is 0.833. The normalized spacial score (nSPS) is 12.9. The molecule has 1 N–H and O–H groups in total. The summed E-state index contributed by atoms with van der Waals surface area (Å²) in [5.74, 6) is -0.173. The fourth-order valence-corrected chi connectivity index (χ4v) is 5.37. The molecule has 0 radical (unpaired) electrons. The van der Waals surface area contributed by atoms with Crippen molar-refractivity contribution in [2.24, 2.45) is 0 Å². The highest BCUT2D eigenvalue weighted by molar-refractivity contribution is 7.80. The van der Waals surface area contributed by atoms with Crippen LogP contribution < -0.4 is 10.6 Å². The molecule has 0 fully saturated rings. The average Bonchev–Trinajstić information content (AvgIpc) is 2.55. The fourth-order valence-electron chi connectivity index (χ4n) is 2.42. The maximum absolute atomic E-state index is 13.7. The SMILES string of the molecule is CC(C(=O)CCO)P(=O)(c1ccccc1)c1ccccc1. The summed E-state index contributed by atoms with van der Waals surface area (Å²) in [6, 6.07) is 18.2. The van der Waals surface area contributed by atoms with Gasteiger partial charge in [0.05, 0.1) is 5.66 Å². The predicted molar refractivity (Wildman–Crippen MR) is 85.9 cm³/mol. The molecule has 110 valence electrons. The van der Waals surface area contributed by atoms with E-state index in [0.29, 0.717) is 10.6 Å². The van der Waals surface area contributed by atoms with Gasteiger partial charge in [0.15, 0.2) is 7.14 Å². The van der Waals surface area contributed by atoms with Crippen molar-refractivity contribution in [1.82, 2.24) is 0 Å². The second-order valence-corrected chi connectivity index (χ2v) is 8.07. The summed E-state index contributed by atoms with van der Waals surface area (Å²) in [6.45, 7) is 1.48. The summed E-state index contributed by atoms with van der Waals surface area (Å²) in [5.41, 5.74) is -0.644. The van der Waals surface area contributed by atoms with Crippen molar-refractivity contribution in [3.63, 3.8) is 0 Å². The molecule has 0 saturated carbocycles. The van der Waals surface area contributed by atoms with Crippen LogP contribution in [0.2, 0.25) is 0 Å². The van der Waals surface area contributed by atoms with E-state index < -0.39 is 12.8 Å². The van der Waals surface area contributed by atoms with Crippen LogP contribution in [0.3, 0.4) is 0 Å². The summed E-state index contributed by atoms with van der Waals surface area (Å²) in [5, 5.41) is 10.3. The second-order valence-electron chi connectivity index (χ2n) is 4.94. The van der Waals surface area contributed by atoms with Crippen LogP contribution in [0.5, 0.6) is 0 Å². The zero-order valence-corrected chi connectivity index (χ0v) is 12.9. The third kappa shape index (κ3) is 3.15. The largest absolute Gasteiger partial charge is 0.396 e. The monoisotopic (exact) mass is 302 g/mol. The van der Waals surface area contributed by atoms with E-state index in [4.69, 9.17) is 5.11 Å². The maximum Gasteiger partial charge on any atom is 0.153 e. The first-order chi connectivity index (χ1) is 10.1. The number of carbonyl (C=O) groups excluding carboxylic acids is 1. The summed E-state index contributed by atoms with van der Waals surface area (Å²) >= 11 is 0. The van der Waals surface area contributed by atoms with Gasteiger partial charge in [0.1, 0.15) is 5.78 Å². The van der Waals surface area contributed by atoms with E-state index in [1.165, 1.54) is 0 Å². The third-order valence-corrected chi connectivity index (χ3v) is 7.16. The zero-order valence-electron chi connectivity index (χ0n) is 12.0. The van der Waals surface area contributed by atoms with E-state index in [9.17, 15) is 9.36 Å². The van der Waals surface area contributed by atoms with Gasteiger partial charge in [-0.2, -0.15) is 0 Å². The highest BCUT2D eigenvalue weighted by Gasteiger charge is 2.37. The van der Waals surface area contributed by atoms with Gasteiger partial charge in [-0.3, -0.25) is 4.79 Å². The van der Waals surface area contributed by atoms with E-state index in [-0.39, 0.29) is 18.8 Å². The molecule has 0 aliphatic rings. The second kappa shape index (κ2) is 6.84. The Morgan fingerprint density at radius 2 is 1.43 bits per heavy atom. The summed E-state index contributed by atoms with van der Waals surface area (Å²) in [7, 11) is -3.06. The molecular weight excluding hydrogens is 283 g/mol. The lowest BCUT2D eigenvalue weighted by Crippen LogP contribution is -2.30. The Labute approximate surface area is 125 Å². The van der Waals surface area contributed by atoms with E-state index in [1.54, 1.807) is 31.2 Å². The van der Waals surface area contributed by atoms with Crippen molar-refractivity contribution < 1.29 is 14.5 Å². The van der Waals surface area contributed by atoms with Crippen LogP contribution in [0.1, 0.15) is 13.3 Å². The van der Waals surface area contributed by atoms with Gasteiger partial charge >= 0.3 is 0 Å². The molecule has 0 aromatic heterocycles. The molecule has 3 nitrogen and oxygen atoms in total. The van der Waals surface area contributed by atoms with Crippen LogP contribution in [-0.2, 0) is 9.36 Å². The number of ketones is 1. The molecule has 21 heavy (non-hydrogen) atoms. The molecule has 2 aromatic rings. The van der Waals surface area contributed by atoms with Crippen LogP contribution >= 0.6 is 7.14 Å². The summed E-state index contributed by atoms with van der Waals surface area (Å²) in [6.07, 6.45) is 0.0326. The number of hydrogen-bond acceptors (Lipinski definition) is 3. The van der Waals surface area contributed by atoms with Crippen molar-refractivity contribution in [3.8, 4) is 0 Å². The van der Waals surface area contributed by atoms with E-state index >= 15 is 0 Å². The fraction of sp³-hybridized carbons (Fsp3) is 0.235. The molecule has 1 unspecified atom stereocenters. The van der Waals surface area contributed by atoms with Crippen LogP contribution in [0.25, 0.3) is 0 Å². The number of aliphatic hydroxyl groups excluding tert-OH is 1. The average molecular weight is 302 g/mol. The van der Waals surface area contributed by atoms with Gasteiger partial charge < -0.3 is 9.67 Å². The Hall–Kier alpha value is -1.70. The van der Waals surface area contributed by atoms with E-state index in [1.807, 2.05) is 36.4 Å². The van der Waals surface area contributed by atoms with Crippen molar-refractivity contribution in [3.05, 3.63) is 60.7 Å². The van der Waals surface area contributed by atoms with Gasteiger partial charge in [-0.1, -0.05) is 60.7 Å². The summed E-state index contributed by atoms with van der Waals surface area (Å²) in [4.78, 5) is 12.2. The zero-order chi connectivity index (χ0) is 15.3. The van der Waals surface area contributed by atoms with Crippen LogP contribution in [-0.4, -0.2) is 23.2 Å². The Morgan fingerprint density at radius 3 is 1.81 bits per heavy atom. The standard InChI is InChI=1S/C17H19O3P/c1-14(17(19)12-13-18)21(20,15-8-4-2-5-9-15)16-10-6-3-7-11-16/h2-11,14,18H,12-13H2,1H3. The number of carbonyl (C=O) groups is 1. The smallest absolute Gasteiger partial charge is 0.153 e. The number of aliphatic hydroxyl groups is 1. The molecule has 0 spiro atoms. The van der Waals surface area contributed by atoms with Crippen LogP contribution in [0.4, 0.5) is 0 Å². The molecule has 2 aromatic carbocycles. The molecule has 0 saturated heterocycles. The predicted octanol–water partition coefficient (Wildman–Crippen LogP) is 2.34. The van der Waals surface area contributed by atoms with Crippen molar-refractivity contribution in [2.45, 2.75) is 19.0 Å². The third-order valence-electron chi connectivity index (χ3n) is 3.65. The number of benzene rings is 2. The molecule has 0 amide bonds. The van der Waals surface area contributed by atoms with E-state index in [0.717, 1.165) is 0 Å². The Balaban J connectivity index is 2.55. The number of rotatable bonds is 6. The maximum atomic E-state index is 13.7. The van der Waals surface area contributed by atoms with Gasteiger partial charge in [-0.15, -0.1) is 0 Å². The minimum atomic E-state index is -3.06. The highest BCUT2D eigenvalue weighted by atomic mass is 31.2. The van der Waals surface area contributed by atoms with Crippen molar-refractivity contribution in [1.29, 1.82) is 0 Å². The number of Topliss-reactive ketones (excluding diaryl/α,β-unsaturated/α-hetero) is 1. The molecule has 0 heterocycles. The molecule has 2 rings (SSSR count). The highest BCUT2D eigenvalue weighted by Crippen LogP contribution is 2.48. The van der Waals surface area contributed by atoms with Crippen molar-refractivity contribution >= 4 is 23.5 Å². The molecule has 4 heteroatoms. The van der Waals surface area contributed by atoms with Gasteiger partial charge in [0.2, 0.25) is 0 Å². The summed E-state index contributed by atoms with van der Waals surface area (Å²) < 4.78 is 13.7. The minimum absolute atomic E-state index is 0.0326.